The molecule has 2 aromatic carbocycles. The molecule has 32 heavy (non-hydrogen) atoms. The molecular formula is C24H15Cl2N5O. The van der Waals surface area contributed by atoms with Crippen molar-refractivity contribution in [3.05, 3.63) is 95.2 Å². The van der Waals surface area contributed by atoms with Crippen LogP contribution in [0.2, 0.25) is 10.0 Å². The maximum atomic E-state index is 11.9. The van der Waals surface area contributed by atoms with Gasteiger partial charge in [0, 0.05) is 33.6 Å². The van der Waals surface area contributed by atoms with Crippen LogP contribution in [0.4, 0.5) is 11.5 Å². The van der Waals surface area contributed by atoms with Gasteiger partial charge in [-0.25, -0.2) is 14.5 Å². The zero-order chi connectivity index (χ0) is 22.1. The van der Waals surface area contributed by atoms with Gasteiger partial charge in [0.15, 0.2) is 5.65 Å². The second-order valence-electron chi connectivity index (χ2n) is 6.97. The third kappa shape index (κ3) is 3.70. The van der Waals surface area contributed by atoms with Gasteiger partial charge in [0.05, 0.1) is 11.4 Å². The summed E-state index contributed by atoms with van der Waals surface area (Å²) in [7, 11) is 0. The molecule has 0 fully saturated rings. The van der Waals surface area contributed by atoms with E-state index in [9.17, 15) is 4.79 Å². The number of hydrogen-bond acceptors (Lipinski definition) is 4. The molecule has 3 aromatic heterocycles. The van der Waals surface area contributed by atoms with E-state index in [4.69, 9.17) is 28.2 Å². The van der Waals surface area contributed by atoms with Gasteiger partial charge >= 0.3 is 0 Å². The maximum Gasteiger partial charge on any atom is 0.219 e. The summed E-state index contributed by atoms with van der Waals surface area (Å²) in [5.41, 5.74) is 4.51. The first-order valence-electron chi connectivity index (χ1n) is 9.70. The average Bonchev–Trinajstić information content (AvgIpc) is 3.21. The number of amides is 1. The molecule has 0 aliphatic rings. The van der Waals surface area contributed by atoms with Crippen LogP contribution in [0.25, 0.3) is 28.2 Å². The van der Waals surface area contributed by atoms with E-state index >= 15 is 0 Å². The first-order chi connectivity index (χ1) is 15.6. The molecule has 3 heterocycles. The number of hydrogen-bond donors (Lipinski definition) is 0. The average molecular weight is 460 g/mol. The van der Waals surface area contributed by atoms with Gasteiger partial charge in [-0.1, -0.05) is 35.3 Å². The Hall–Kier alpha value is -3.74. The third-order valence-corrected chi connectivity index (χ3v) is 5.45. The normalized spacial score (nSPS) is 10.9. The molecule has 8 heteroatoms. The topological polar surface area (TPSA) is 63.4 Å². The number of carbonyl (C=O) groups is 1. The Kier molecular flexibility index (Phi) is 5.31. The fraction of sp³-hybridized carbons (Fsp3) is 0. The van der Waals surface area contributed by atoms with Crippen molar-refractivity contribution in [3.63, 3.8) is 0 Å². The Morgan fingerprint density at radius 1 is 0.844 bits per heavy atom. The number of pyridine rings is 1. The van der Waals surface area contributed by atoms with E-state index < -0.39 is 0 Å². The molecular weight excluding hydrogens is 445 g/mol. The molecule has 156 valence electrons. The number of halogens is 2. The zero-order valence-electron chi connectivity index (χ0n) is 16.6. The molecule has 0 atom stereocenters. The van der Waals surface area contributed by atoms with Crippen LogP contribution in [0.5, 0.6) is 0 Å². The molecule has 6 nitrogen and oxygen atoms in total. The zero-order valence-corrected chi connectivity index (χ0v) is 18.1. The lowest BCUT2D eigenvalue weighted by Gasteiger charge is -2.17. The van der Waals surface area contributed by atoms with Crippen LogP contribution < -0.4 is 4.90 Å². The first kappa shape index (κ1) is 20.2. The van der Waals surface area contributed by atoms with Crippen LogP contribution in [0.1, 0.15) is 0 Å². The van der Waals surface area contributed by atoms with E-state index in [1.54, 1.807) is 41.2 Å². The van der Waals surface area contributed by atoms with Crippen molar-refractivity contribution in [1.82, 2.24) is 19.6 Å². The number of carbonyl (C=O) groups excluding carboxylic acids is 1. The molecule has 1 amide bonds. The molecule has 5 rings (SSSR count). The highest BCUT2D eigenvalue weighted by atomic mass is 35.5. The van der Waals surface area contributed by atoms with E-state index in [1.165, 1.54) is 4.90 Å². The standard InChI is InChI=1S/C24H15Cl2N5O/c25-18-6-8-20(9-7-18)30(15-32)22-14-17(10-12-27-22)24-23(16-3-1-4-19(26)13-16)29-21-5-2-11-28-31(21)24/h1-15H. The van der Waals surface area contributed by atoms with Gasteiger partial charge in [-0.3, -0.25) is 9.69 Å². The predicted octanol–water partition coefficient (Wildman–Crippen LogP) is 6.06. The third-order valence-electron chi connectivity index (χ3n) is 4.97. The number of aromatic nitrogens is 4. The molecule has 0 aliphatic heterocycles. The van der Waals surface area contributed by atoms with Gasteiger partial charge < -0.3 is 0 Å². The van der Waals surface area contributed by atoms with Crippen LogP contribution in [0.3, 0.4) is 0 Å². The van der Waals surface area contributed by atoms with Crippen molar-refractivity contribution in [2.75, 3.05) is 4.90 Å². The maximum absolute atomic E-state index is 11.9. The first-order valence-corrected chi connectivity index (χ1v) is 10.5. The molecule has 0 spiro atoms. The minimum atomic E-state index is 0.461. The van der Waals surface area contributed by atoms with Crippen molar-refractivity contribution >= 4 is 46.8 Å². The summed E-state index contributed by atoms with van der Waals surface area (Å²) in [6.07, 6.45) is 4.08. The summed E-state index contributed by atoms with van der Waals surface area (Å²) in [6.45, 7) is 0. The number of nitrogens with zero attached hydrogens (tertiary/aromatic N) is 5. The van der Waals surface area contributed by atoms with Gasteiger partial charge in [-0.2, -0.15) is 5.10 Å². The SMILES string of the molecule is O=CN(c1ccc(Cl)cc1)c1cc(-c2c(-c3cccc(Cl)c3)nc3cccnn23)ccn1. The summed E-state index contributed by atoms with van der Waals surface area (Å²) in [6, 6.07) is 21.9. The molecule has 0 aliphatic carbocycles. The summed E-state index contributed by atoms with van der Waals surface area (Å²) in [4.78, 5) is 22.6. The Morgan fingerprint density at radius 2 is 1.69 bits per heavy atom. The summed E-state index contributed by atoms with van der Waals surface area (Å²) in [5.74, 6) is 0.461. The fourth-order valence-corrected chi connectivity index (χ4v) is 3.85. The second kappa shape index (κ2) is 8.42. The molecule has 0 saturated carbocycles. The highest BCUT2D eigenvalue weighted by Gasteiger charge is 2.19. The van der Waals surface area contributed by atoms with Gasteiger partial charge in [-0.05, 0) is 60.7 Å². The quantitative estimate of drug-likeness (QED) is 0.299. The van der Waals surface area contributed by atoms with E-state index in [-0.39, 0.29) is 0 Å². The van der Waals surface area contributed by atoms with E-state index in [0.717, 1.165) is 28.9 Å². The fourth-order valence-electron chi connectivity index (χ4n) is 3.53. The second-order valence-corrected chi connectivity index (χ2v) is 7.84. The number of fused-ring (bicyclic) bond motifs is 1. The highest BCUT2D eigenvalue weighted by Crippen LogP contribution is 2.35. The van der Waals surface area contributed by atoms with Crippen molar-refractivity contribution < 1.29 is 4.79 Å². The van der Waals surface area contributed by atoms with Gasteiger partial charge in [0.25, 0.3) is 0 Å². The van der Waals surface area contributed by atoms with Gasteiger partial charge in [0.2, 0.25) is 6.41 Å². The van der Waals surface area contributed by atoms with E-state index in [0.29, 0.717) is 27.2 Å². The molecule has 0 bridgehead atoms. The molecule has 5 aromatic rings. The van der Waals surface area contributed by atoms with Crippen molar-refractivity contribution in [2.45, 2.75) is 0 Å². The van der Waals surface area contributed by atoms with Crippen LogP contribution in [0.15, 0.2) is 85.2 Å². The lowest BCUT2D eigenvalue weighted by molar-refractivity contribution is -0.106. The van der Waals surface area contributed by atoms with Crippen molar-refractivity contribution in [2.24, 2.45) is 0 Å². The van der Waals surface area contributed by atoms with E-state index in [1.807, 2.05) is 48.5 Å². The largest absolute Gasteiger partial charge is 0.278 e. The Balaban J connectivity index is 1.69. The van der Waals surface area contributed by atoms with Crippen molar-refractivity contribution in [1.29, 1.82) is 0 Å². The summed E-state index contributed by atoms with van der Waals surface area (Å²) >= 11 is 12.2. The molecule has 0 unspecified atom stereocenters. The van der Waals surface area contributed by atoms with Crippen LogP contribution in [-0.2, 0) is 4.79 Å². The molecule has 0 saturated heterocycles. The minimum absolute atomic E-state index is 0.461. The summed E-state index contributed by atoms with van der Waals surface area (Å²) in [5, 5.41) is 5.69. The highest BCUT2D eigenvalue weighted by molar-refractivity contribution is 6.31. The summed E-state index contributed by atoms with van der Waals surface area (Å²) < 4.78 is 1.77. The van der Waals surface area contributed by atoms with Crippen molar-refractivity contribution in [3.8, 4) is 22.5 Å². The number of anilines is 2. The Labute approximate surface area is 193 Å². The van der Waals surface area contributed by atoms with Gasteiger partial charge in [-0.15, -0.1) is 0 Å². The van der Waals surface area contributed by atoms with Gasteiger partial charge in [0.1, 0.15) is 11.5 Å². The Morgan fingerprint density at radius 3 is 2.47 bits per heavy atom. The number of rotatable bonds is 5. The molecule has 0 N–H and O–H groups in total. The Bertz CT molecular complexity index is 1430. The van der Waals surface area contributed by atoms with Crippen LogP contribution in [-0.4, -0.2) is 26.0 Å². The predicted molar refractivity (Wildman–Crippen MR) is 126 cm³/mol. The lowest BCUT2D eigenvalue weighted by Crippen LogP contribution is -2.15. The number of benzene rings is 2. The minimum Gasteiger partial charge on any atom is -0.278 e. The lowest BCUT2D eigenvalue weighted by atomic mass is 10.1. The monoisotopic (exact) mass is 459 g/mol. The molecule has 0 radical (unpaired) electrons. The smallest absolute Gasteiger partial charge is 0.219 e. The number of imidazole rings is 1. The van der Waals surface area contributed by atoms with E-state index in [2.05, 4.69) is 10.1 Å². The van der Waals surface area contributed by atoms with Crippen LogP contribution >= 0.6 is 23.2 Å². The van der Waals surface area contributed by atoms with Crippen LogP contribution in [0, 0.1) is 0 Å².